The molecule has 0 saturated carbocycles. The van der Waals surface area contributed by atoms with Gasteiger partial charge < -0.3 is 5.11 Å². The Bertz CT molecular complexity index is 516. The zero-order valence-corrected chi connectivity index (χ0v) is 10.9. The summed E-state index contributed by atoms with van der Waals surface area (Å²) >= 11 is 7.45. The van der Waals surface area contributed by atoms with Crippen molar-refractivity contribution in [2.75, 3.05) is 0 Å². The highest BCUT2D eigenvalue weighted by Crippen LogP contribution is 2.29. The molecule has 1 heterocycles. The summed E-state index contributed by atoms with van der Waals surface area (Å²) in [6.45, 7) is 1.74. The van der Waals surface area contributed by atoms with Crippen LogP contribution in [0.15, 0.2) is 52.5 Å². The van der Waals surface area contributed by atoms with Gasteiger partial charge in [-0.15, -0.1) is 0 Å². The molecule has 2 nitrogen and oxygen atoms in total. The number of rotatable bonds is 3. The minimum absolute atomic E-state index is 0.475. The second-order valence-electron chi connectivity index (χ2n) is 3.66. The van der Waals surface area contributed by atoms with Gasteiger partial charge in [-0.25, -0.2) is 4.98 Å². The van der Waals surface area contributed by atoms with Gasteiger partial charge in [0.2, 0.25) is 0 Å². The molecule has 0 aliphatic carbocycles. The van der Waals surface area contributed by atoms with Crippen LogP contribution in [0.25, 0.3) is 0 Å². The molecule has 0 fully saturated rings. The molecular weight excluding hydrogens is 254 g/mol. The Labute approximate surface area is 110 Å². The smallest absolute Gasteiger partial charge is 0.101 e. The Kier molecular flexibility index (Phi) is 4.05. The van der Waals surface area contributed by atoms with Gasteiger partial charge in [-0.2, -0.15) is 0 Å². The van der Waals surface area contributed by atoms with E-state index in [9.17, 15) is 5.11 Å². The molecule has 1 aromatic carbocycles. The van der Waals surface area contributed by atoms with E-state index >= 15 is 0 Å². The molecule has 1 aromatic heterocycles. The molecule has 0 aliphatic rings. The van der Waals surface area contributed by atoms with Crippen LogP contribution in [0.1, 0.15) is 18.6 Å². The first-order valence-electron chi connectivity index (χ1n) is 5.22. The van der Waals surface area contributed by atoms with E-state index in [-0.39, 0.29) is 0 Å². The highest BCUT2D eigenvalue weighted by Gasteiger charge is 2.04. The lowest BCUT2D eigenvalue weighted by Crippen LogP contribution is -1.92. The molecule has 0 amide bonds. The predicted octanol–water partition coefficient (Wildman–Crippen LogP) is 3.94. The van der Waals surface area contributed by atoms with E-state index in [2.05, 4.69) is 4.98 Å². The molecule has 0 saturated heterocycles. The SMILES string of the molecule is C[C@H](O)c1ccnc(Sc2cccc(Cl)c2)c1. The molecule has 0 unspecified atom stereocenters. The van der Waals surface area contributed by atoms with Crippen molar-refractivity contribution in [3.63, 3.8) is 0 Å². The Balaban J connectivity index is 2.21. The average Bonchev–Trinajstić information content (AvgIpc) is 2.29. The van der Waals surface area contributed by atoms with Crippen LogP contribution in [0.3, 0.4) is 0 Å². The lowest BCUT2D eigenvalue weighted by molar-refractivity contribution is 0.199. The van der Waals surface area contributed by atoms with Crippen LogP contribution in [0.5, 0.6) is 0 Å². The lowest BCUT2D eigenvalue weighted by Gasteiger charge is -2.06. The average molecular weight is 266 g/mol. The Morgan fingerprint density at radius 1 is 1.29 bits per heavy atom. The first-order valence-corrected chi connectivity index (χ1v) is 6.42. The number of aliphatic hydroxyl groups excluding tert-OH is 1. The summed E-state index contributed by atoms with van der Waals surface area (Å²) in [5, 5.41) is 11.1. The Morgan fingerprint density at radius 3 is 2.82 bits per heavy atom. The third-order valence-electron chi connectivity index (χ3n) is 2.26. The van der Waals surface area contributed by atoms with E-state index in [0.29, 0.717) is 5.02 Å². The van der Waals surface area contributed by atoms with Gasteiger partial charge in [0.1, 0.15) is 5.03 Å². The molecular formula is C13H12ClNOS. The first kappa shape index (κ1) is 12.4. The standard InChI is InChI=1S/C13H12ClNOS/c1-9(16)10-5-6-15-13(7-10)17-12-4-2-3-11(14)8-12/h2-9,16H,1H3/t9-/m0/s1. The fraction of sp³-hybridized carbons (Fsp3) is 0.154. The van der Waals surface area contributed by atoms with E-state index < -0.39 is 6.10 Å². The fourth-order valence-corrected chi connectivity index (χ4v) is 2.53. The van der Waals surface area contributed by atoms with Crippen molar-refractivity contribution in [3.8, 4) is 0 Å². The summed E-state index contributed by atoms with van der Waals surface area (Å²) < 4.78 is 0. The molecule has 2 rings (SSSR count). The molecule has 0 aliphatic heterocycles. The summed E-state index contributed by atoms with van der Waals surface area (Å²) in [5.41, 5.74) is 0.865. The quantitative estimate of drug-likeness (QED) is 0.913. The van der Waals surface area contributed by atoms with Crippen molar-refractivity contribution in [3.05, 3.63) is 53.2 Å². The highest BCUT2D eigenvalue weighted by atomic mass is 35.5. The number of hydrogen-bond donors (Lipinski definition) is 1. The van der Waals surface area contributed by atoms with Crippen LogP contribution in [0.2, 0.25) is 5.02 Å². The summed E-state index contributed by atoms with van der Waals surface area (Å²) in [4.78, 5) is 5.29. The maximum Gasteiger partial charge on any atom is 0.101 e. The molecule has 17 heavy (non-hydrogen) atoms. The van der Waals surface area contributed by atoms with Gasteiger partial charge >= 0.3 is 0 Å². The third-order valence-corrected chi connectivity index (χ3v) is 3.42. The Morgan fingerprint density at radius 2 is 2.12 bits per heavy atom. The van der Waals surface area contributed by atoms with E-state index in [1.165, 1.54) is 11.8 Å². The third kappa shape index (κ3) is 3.46. The summed E-state index contributed by atoms with van der Waals surface area (Å²) in [6.07, 6.45) is 1.23. The van der Waals surface area contributed by atoms with E-state index in [1.54, 1.807) is 13.1 Å². The largest absolute Gasteiger partial charge is 0.389 e. The van der Waals surface area contributed by atoms with Crippen molar-refractivity contribution in [1.29, 1.82) is 0 Å². The van der Waals surface area contributed by atoms with E-state index in [1.807, 2.05) is 36.4 Å². The van der Waals surface area contributed by atoms with Gasteiger partial charge in [-0.05, 0) is 42.8 Å². The molecule has 2 aromatic rings. The number of aliphatic hydroxyl groups is 1. The molecule has 1 N–H and O–H groups in total. The summed E-state index contributed by atoms with van der Waals surface area (Å²) in [7, 11) is 0. The van der Waals surface area contributed by atoms with Gasteiger partial charge in [-0.1, -0.05) is 29.4 Å². The van der Waals surface area contributed by atoms with Gasteiger partial charge in [0.15, 0.2) is 0 Å². The van der Waals surface area contributed by atoms with Crippen molar-refractivity contribution >= 4 is 23.4 Å². The van der Waals surface area contributed by atoms with Crippen molar-refractivity contribution in [2.45, 2.75) is 22.9 Å². The number of nitrogens with zero attached hydrogens (tertiary/aromatic N) is 1. The van der Waals surface area contributed by atoms with Crippen LogP contribution in [-0.4, -0.2) is 10.1 Å². The number of halogens is 1. The van der Waals surface area contributed by atoms with Crippen LogP contribution in [-0.2, 0) is 0 Å². The monoisotopic (exact) mass is 265 g/mol. The van der Waals surface area contributed by atoms with Crippen molar-refractivity contribution in [1.82, 2.24) is 4.98 Å². The maximum absolute atomic E-state index is 9.50. The molecule has 0 radical (unpaired) electrons. The molecule has 0 bridgehead atoms. The van der Waals surface area contributed by atoms with Crippen LogP contribution >= 0.6 is 23.4 Å². The highest BCUT2D eigenvalue weighted by molar-refractivity contribution is 7.99. The van der Waals surface area contributed by atoms with Gasteiger partial charge in [0.25, 0.3) is 0 Å². The predicted molar refractivity (Wildman–Crippen MR) is 70.4 cm³/mol. The van der Waals surface area contributed by atoms with Gasteiger partial charge in [-0.3, -0.25) is 0 Å². The van der Waals surface area contributed by atoms with E-state index in [4.69, 9.17) is 11.6 Å². The van der Waals surface area contributed by atoms with Crippen LogP contribution in [0.4, 0.5) is 0 Å². The molecule has 1 atom stereocenters. The topological polar surface area (TPSA) is 33.1 Å². The Hall–Kier alpha value is -1.03. The van der Waals surface area contributed by atoms with E-state index in [0.717, 1.165) is 15.5 Å². The second kappa shape index (κ2) is 5.54. The van der Waals surface area contributed by atoms with Crippen molar-refractivity contribution < 1.29 is 5.11 Å². The summed E-state index contributed by atoms with van der Waals surface area (Å²) in [6, 6.07) is 11.3. The fourth-order valence-electron chi connectivity index (χ4n) is 1.39. The van der Waals surface area contributed by atoms with Gasteiger partial charge in [0, 0.05) is 16.1 Å². The zero-order valence-electron chi connectivity index (χ0n) is 9.30. The zero-order chi connectivity index (χ0) is 12.3. The molecule has 4 heteroatoms. The number of hydrogen-bond acceptors (Lipinski definition) is 3. The normalized spacial score (nSPS) is 12.4. The van der Waals surface area contributed by atoms with Crippen molar-refractivity contribution in [2.24, 2.45) is 0 Å². The number of benzene rings is 1. The van der Waals surface area contributed by atoms with Crippen LogP contribution in [0, 0.1) is 0 Å². The van der Waals surface area contributed by atoms with Gasteiger partial charge in [0.05, 0.1) is 6.10 Å². The van der Waals surface area contributed by atoms with Crippen LogP contribution < -0.4 is 0 Å². The summed E-state index contributed by atoms with van der Waals surface area (Å²) in [5.74, 6) is 0. The minimum Gasteiger partial charge on any atom is -0.389 e. The minimum atomic E-state index is -0.475. The molecule has 88 valence electrons. The first-order chi connectivity index (χ1) is 8.15. The molecule has 0 spiro atoms. The second-order valence-corrected chi connectivity index (χ2v) is 5.19. The maximum atomic E-state index is 9.50. The number of pyridine rings is 1. The lowest BCUT2D eigenvalue weighted by atomic mass is 10.2. The number of aromatic nitrogens is 1.